The van der Waals surface area contributed by atoms with Crippen LogP contribution >= 0.6 is 11.8 Å². The summed E-state index contributed by atoms with van der Waals surface area (Å²) >= 11 is 1.57. The lowest BCUT2D eigenvalue weighted by Gasteiger charge is -2.29. The van der Waals surface area contributed by atoms with Gasteiger partial charge in [0.25, 0.3) is 0 Å². The number of carbonyl (C=O) groups is 3. The maximum atomic E-state index is 13.7. The molecule has 0 spiro atoms. The van der Waals surface area contributed by atoms with Gasteiger partial charge in [0.1, 0.15) is 34.0 Å². The van der Waals surface area contributed by atoms with Crippen molar-refractivity contribution in [2.24, 2.45) is 0 Å². The van der Waals surface area contributed by atoms with E-state index in [2.05, 4.69) is 5.32 Å². The van der Waals surface area contributed by atoms with Crippen molar-refractivity contribution in [2.45, 2.75) is 45.3 Å². The number of ether oxygens (including phenoxy) is 1. The number of hydrogen-bond donors (Lipinski definition) is 4. The number of ketones is 3. The van der Waals surface area contributed by atoms with E-state index in [9.17, 15) is 29.7 Å². The SMILES string of the molecule is CC(=O)c1c(O)c(C)c(O)c2c1OC1=CC(=O)C(=C(C)NC3CSCC3O)C(=O)[C@@]12C. The molecule has 0 radical (unpaired) electrons. The summed E-state index contributed by atoms with van der Waals surface area (Å²) in [6.07, 6.45) is 0.580. The van der Waals surface area contributed by atoms with E-state index in [1.165, 1.54) is 26.8 Å². The maximum Gasteiger partial charge on any atom is 0.194 e. The first-order valence-electron chi connectivity index (χ1n) is 9.82. The molecule has 0 aromatic heterocycles. The van der Waals surface area contributed by atoms with Gasteiger partial charge in [0.15, 0.2) is 17.3 Å². The molecule has 3 aliphatic rings. The normalized spacial score (nSPS) is 28.6. The van der Waals surface area contributed by atoms with Crippen LogP contribution < -0.4 is 10.1 Å². The molecule has 1 aliphatic carbocycles. The highest BCUT2D eigenvalue weighted by molar-refractivity contribution is 7.99. The Hall–Kier alpha value is -2.78. The summed E-state index contributed by atoms with van der Waals surface area (Å²) in [5, 5.41) is 34.4. The molecule has 2 aliphatic heterocycles. The van der Waals surface area contributed by atoms with Crippen molar-refractivity contribution in [1.82, 2.24) is 5.32 Å². The van der Waals surface area contributed by atoms with Crippen LogP contribution in [0.4, 0.5) is 0 Å². The van der Waals surface area contributed by atoms with Crippen molar-refractivity contribution >= 4 is 29.1 Å². The van der Waals surface area contributed by atoms with Crippen molar-refractivity contribution in [3.63, 3.8) is 0 Å². The zero-order valence-electron chi connectivity index (χ0n) is 17.5. The molecule has 9 heteroatoms. The number of phenolic OH excluding ortho intramolecular Hbond substituents is 2. The zero-order valence-corrected chi connectivity index (χ0v) is 18.3. The third-order valence-electron chi connectivity index (χ3n) is 6.21. The average molecular weight is 445 g/mol. The highest BCUT2D eigenvalue weighted by Crippen LogP contribution is 2.57. The Morgan fingerprint density at radius 1 is 1.23 bits per heavy atom. The lowest BCUT2D eigenvalue weighted by molar-refractivity contribution is -0.123. The fourth-order valence-electron chi connectivity index (χ4n) is 4.39. The highest BCUT2D eigenvalue weighted by atomic mass is 32.2. The van der Waals surface area contributed by atoms with Gasteiger partial charge in [0, 0.05) is 28.8 Å². The van der Waals surface area contributed by atoms with Crippen LogP contribution in [0.5, 0.6) is 17.2 Å². The fourth-order valence-corrected chi connectivity index (χ4v) is 5.56. The lowest BCUT2D eigenvalue weighted by Crippen LogP contribution is -2.43. The molecule has 2 unspecified atom stereocenters. The van der Waals surface area contributed by atoms with Gasteiger partial charge >= 0.3 is 0 Å². The summed E-state index contributed by atoms with van der Waals surface area (Å²) < 4.78 is 5.73. The van der Waals surface area contributed by atoms with Crippen molar-refractivity contribution in [3.8, 4) is 17.2 Å². The van der Waals surface area contributed by atoms with Gasteiger partial charge in [-0.1, -0.05) is 0 Å². The molecular weight excluding hydrogens is 422 g/mol. The van der Waals surface area contributed by atoms with Crippen molar-refractivity contribution in [2.75, 3.05) is 11.5 Å². The third kappa shape index (κ3) is 2.90. The summed E-state index contributed by atoms with van der Waals surface area (Å²) in [7, 11) is 0. The first-order chi connectivity index (χ1) is 14.5. The number of hydrogen-bond acceptors (Lipinski definition) is 9. The third-order valence-corrected chi connectivity index (χ3v) is 7.38. The van der Waals surface area contributed by atoms with Gasteiger partial charge < -0.3 is 25.4 Å². The molecule has 2 heterocycles. The van der Waals surface area contributed by atoms with E-state index in [0.29, 0.717) is 17.2 Å². The topological polar surface area (TPSA) is 133 Å². The van der Waals surface area contributed by atoms with Crippen LogP contribution in [0.15, 0.2) is 23.1 Å². The van der Waals surface area contributed by atoms with Crippen molar-refractivity contribution < 1.29 is 34.4 Å². The van der Waals surface area contributed by atoms with E-state index < -0.39 is 34.6 Å². The predicted octanol–water partition coefficient (Wildman–Crippen LogP) is 1.63. The van der Waals surface area contributed by atoms with Crippen LogP contribution in [0.1, 0.15) is 42.3 Å². The van der Waals surface area contributed by atoms with E-state index in [-0.39, 0.29) is 45.6 Å². The van der Waals surface area contributed by atoms with Crippen LogP contribution in [-0.2, 0) is 15.0 Å². The van der Waals surface area contributed by atoms with Crippen LogP contribution in [0.25, 0.3) is 0 Å². The minimum atomic E-state index is -1.54. The Kier molecular flexibility index (Phi) is 4.94. The lowest BCUT2D eigenvalue weighted by atomic mass is 9.70. The molecule has 164 valence electrons. The molecule has 0 amide bonds. The summed E-state index contributed by atoms with van der Waals surface area (Å²) in [5.74, 6) is -1.36. The minimum Gasteiger partial charge on any atom is -0.507 e. The standard InChI is InChI=1S/C22H23NO7S/c1-8-18(27)16(10(3)24)20-17(19(8)28)22(4)14(30-20)5-12(25)15(21(22)29)9(2)23-11-6-31-7-13(11)26/h5,11,13,23,26-28H,6-7H2,1-4H3/t11?,13?,22-/m0/s1. The number of carbonyl (C=O) groups excluding carboxylic acids is 3. The molecule has 8 nitrogen and oxygen atoms in total. The maximum absolute atomic E-state index is 13.7. The van der Waals surface area contributed by atoms with Gasteiger partial charge in [-0.15, -0.1) is 0 Å². The van der Waals surface area contributed by atoms with Gasteiger partial charge in [-0.3, -0.25) is 14.4 Å². The summed E-state index contributed by atoms with van der Waals surface area (Å²) in [5.41, 5.74) is -1.36. The van der Waals surface area contributed by atoms with Crippen LogP contribution in [0.3, 0.4) is 0 Å². The van der Waals surface area contributed by atoms with E-state index >= 15 is 0 Å². The molecule has 0 bridgehead atoms. The first kappa shape index (κ1) is 21.5. The second kappa shape index (κ2) is 7.13. The van der Waals surface area contributed by atoms with Crippen molar-refractivity contribution in [3.05, 3.63) is 39.8 Å². The monoisotopic (exact) mass is 445 g/mol. The number of aromatic hydroxyl groups is 2. The number of Topliss-reactive ketones (excluding diaryl/α,β-unsaturated/α-hetero) is 2. The Labute approximate surface area is 183 Å². The molecule has 0 saturated carbocycles. The zero-order chi connectivity index (χ0) is 22.8. The number of aliphatic hydroxyl groups is 1. The smallest absolute Gasteiger partial charge is 0.194 e. The number of phenols is 2. The van der Waals surface area contributed by atoms with Crippen LogP contribution in [-0.4, -0.2) is 56.3 Å². The Bertz CT molecular complexity index is 1120. The number of aliphatic hydroxyl groups excluding tert-OH is 1. The van der Waals surface area contributed by atoms with Gasteiger partial charge in [0.2, 0.25) is 0 Å². The van der Waals surface area contributed by atoms with Crippen molar-refractivity contribution in [1.29, 1.82) is 0 Å². The molecule has 1 aromatic rings. The second-order valence-corrected chi connectivity index (χ2v) is 9.32. The van der Waals surface area contributed by atoms with E-state index in [0.717, 1.165) is 0 Å². The number of nitrogens with one attached hydrogen (secondary N) is 1. The number of benzene rings is 1. The highest BCUT2D eigenvalue weighted by Gasteiger charge is 2.56. The Morgan fingerprint density at radius 3 is 2.48 bits per heavy atom. The largest absolute Gasteiger partial charge is 0.507 e. The molecule has 1 saturated heterocycles. The summed E-state index contributed by atoms with van der Waals surface area (Å²) in [6, 6.07) is -0.291. The number of allylic oxidation sites excluding steroid dienone is 4. The molecule has 4 N–H and O–H groups in total. The van der Waals surface area contributed by atoms with Crippen LogP contribution in [0.2, 0.25) is 0 Å². The van der Waals surface area contributed by atoms with Gasteiger partial charge in [-0.25, -0.2) is 0 Å². The number of thioether (sulfide) groups is 1. The molecule has 1 aromatic carbocycles. The molecule has 31 heavy (non-hydrogen) atoms. The van der Waals surface area contributed by atoms with Gasteiger partial charge in [0.05, 0.1) is 23.3 Å². The van der Waals surface area contributed by atoms with E-state index in [1.54, 1.807) is 18.7 Å². The van der Waals surface area contributed by atoms with E-state index in [4.69, 9.17) is 4.74 Å². The van der Waals surface area contributed by atoms with E-state index in [1.807, 2.05) is 0 Å². The van der Waals surface area contributed by atoms with Gasteiger partial charge in [-0.2, -0.15) is 11.8 Å². The fraction of sp³-hybridized carbons (Fsp3) is 0.409. The molecule has 3 atom stereocenters. The molecule has 4 rings (SSSR count). The minimum absolute atomic E-state index is 0.00620. The molecular formula is C22H23NO7S. The predicted molar refractivity (Wildman–Crippen MR) is 114 cm³/mol. The average Bonchev–Trinajstić information content (AvgIpc) is 3.21. The number of rotatable bonds is 3. The number of fused-ring (bicyclic) bond motifs is 3. The van der Waals surface area contributed by atoms with Gasteiger partial charge in [-0.05, 0) is 27.7 Å². The quantitative estimate of drug-likeness (QED) is 0.311. The Balaban J connectivity index is 1.90. The van der Waals surface area contributed by atoms with Crippen LogP contribution in [0, 0.1) is 6.92 Å². The first-order valence-corrected chi connectivity index (χ1v) is 11.0. The summed E-state index contributed by atoms with van der Waals surface area (Å²) in [6.45, 7) is 5.80. The summed E-state index contributed by atoms with van der Waals surface area (Å²) in [4.78, 5) is 38.7. The molecule has 1 fully saturated rings. The second-order valence-electron chi connectivity index (χ2n) is 8.24. The Morgan fingerprint density at radius 2 is 1.90 bits per heavy atom.